The molecule has 0 atom stereocenters. The molecule has 0 N–H and O–H groups in total. The van der Waals surface area contributed by atoms with E-state index in [1.165, 1.54) is 6.33 Å². The molecule has 0 unspecified atom stereocenters. The maximum absolute atomic E-state index is 12.3. The number of Topliss-reactive ketones (excluding diaryl/α,β-unsaturated/α-hetero) is 1. The summed E-state index contributed by atoms with van der Waals surface area (Å²) in [5.41, 5.74) is 1.60. The molecule has 0 aromatic carbocycles. The zero-order valence-electron chi connectivity index (χ0n) is 11.1. The summed E-state index contributed by atoms with van der Waals surface area (Å²) in [5, 5.41) is 4.06. The fraction of sp³-hybridized carbons (Fsp3) is 0.462. The number of hydrogen-bond donors (Lipinski definition) is 0. The molecule has 5 heteroatoms. The molecule has 5 nitrogen and oxygen atoms in total. The number of ketones is 1. The summed E-state index contributed by atoms with van der Waals surface area (Å²) in [5.74, 6) is 2.20. The lowest BCUT2D eigenvalue weighted by molar-refractivity contribution is 0.0987. The van der Waals surface area contributed by atoms with Crippen LogP contribution in [0.2, 0.25) is 0 Å². The predicted molar refractivity (Wildman–Crippen MR) is 66.6 cm³/mol. The molecule has 2 aromatic rings. The molecule has 2 aromatic heterocycles. The van der Waals surface area contributed by atoms with E-state index in [1.54, 1.807) is 4.68 Å². The molecule has 0 saturated heterocycles. The van der Waals surface area contributed by atoms with Gasteiger partial charge < -0.3 is 4.42 Å². The molecule has 0 fully saturated rings. The van der Waals surface area contributed by atoms with E-state index in [4.69, 9.17) is 4.42 Å². The van der Waals surface area contributed by atoms with Crippen molar-refractivity contribution in [1.82, 2.24) is 14.8 Å². The summed E-state index contributed by atoms with van der Waals surface area (Å²) in [6.45, 7) is 8.28. The van der Waals surface area contributed by atoms with Crippen LogP contribution in [-0.2, 0) is 13.0 Å². The van der Waals surface area contributed by atoms with E-state index in [0.717, 1.165) is 11.3 Å². The van der Waals surface area contributed by atoms with Crippen LogP contribution in [0.5, 0.6) is 0 Å². The Bertz CT molecular complexity index is 581. The summed E-state index contributed by atoms with van der Waals surface area (Å²) < 4.78 is 7.21. The quantitative estimate of drug-likeness (QED) is 0.777. The minimum absolute atomic E-state index is 0.0320. The topological polar surface area (TPSA) is 60.9 Å². The molecule has 0 amide bonds. The number of aryl methyl sites for hydroxylation is 3. The Kier molecular flexibility index (Phi) is 3.32. The first-order valence-corrected chi connectivity index (χ1v) is 6.01. The van der Waals surface area contributed by atoms with Crippen LogP contribution in [-0.4, -0.2) is 20.5 Å². The Morgan fingerprint density at radius 3 is 2.61 bits per heavy atom. The Morgan fingerprint density at radius 1 is 1.33 bits per heavy atom. The zero-order chi connectivity index (χ0) is 13.3. The normalized spacial score (nSPS) is 10.9. The fourth-order valence-corrected chi connectivity index (χ4v) is 2.12. The van der Waals surface area contributed by atoms with Crippen LogP contribution in [0, 0.1) is 20.8 Å². The van der Waals surface area contributed by atoms with Crippen molar-refractivity contribution in [3.8, 4) is 0 Å². The molecule has 0 aliphatic rings. The standard InChI is InChI=1S/C13H17N3O2/c1-5-16-12(14-7-15-16)6-11(17)13-8(2)9(3)18-10(13)4/h7H,5-6H2,1-4H3. The molecule has 2 heterocycles. The van der Waals surface area contributed by atoms with Gasteiger partial charge in [-0.05, 0) is 27.7 Å². The number of hydrogen-bond acceptors (Lipinski definition) is 4. The van der Waals surface area contributed by atoms with Crippen LogP contribution in [0.15, 0.2) is 10.7 Å². The van der Waals surface area contributed by atoms with Gasteiger partial charge in [0.1, 0.15) is 23.7 Å². The number of nitrogens with zero attached hydrogens (tertiary/aromatic N) is 3. The first-order chi connectivity index (χ1) is 8.54. The van der Waals surface area contributed by atoms with Gasteiger partial charge in [-0.2, -0.15) is 5.10 Å². The number of carbonyl (C=O) groups is 1. The van der Waals surface area contributed by atoms with Gasteiger partial charge in [0.25, 0.3) is 0 Å². The van der Waals surface area contributed by atoms with Crippen molar-refractivity contribution in [3.05, 3.63) is 34.8 Å². The van der Waals surface area contributed by atoms with Gasteiger partial charge in [0, 0.05) is 12.1 Å². The summed E-state index contributed by atoms with van der Waals surface area (Å²) in [7, 11) is 0. The van der Waals surface area contributed by atoms with Gasteiger partial charge in [-0.25, -0.2) is 9.67 Å². The highest BCUT2D eigenvalue weighted by Gasteiger charge is 2.20. The van der Waals surface area contributed by atoms with Crippen molar-refractivity contribution in [3.63, 3.8) is 0 Å². The van der Waals surface area contributed by atoms with Crippen LogP contribution in [0.4, 0.5) is 0 Å². The van der Waals surface area contributed by atoms with Crippen molar-refractivity contribution in [1.29, 1.82) is 0 Å². The zero-order valence-corrected chi connectivity index (χ0v) is 11.1. The highest BCUT2D eigenvalue weighted by atomic mass is 16.3. The van der Waals surface area contributed by atoms with E-state index in [1.807, 2.05) is 27.7 Å². The van der Waals surface area contributed by atoms with E-state index >= 15 is 0 Å². The first kappa shape index (κ1) is 12.5. The van der Waals surface area contributed by atoms with Crippen molar-refractivity contribution in [2.45, 2.75) is 40.7 Å². The SMILES string of the molecule is CCn1ncnc1CC(=O)c1c(C)oc(C)c1C. The molecule has 96 valence electrons. The van der Waals surface area contributed by atoms with Gasteiger partial charge in [0.05, 0.1) is 12.0 Å². The summed E-state index contributed by atoms with van der Waals surface area (Å²) in [6.07, 6.45) is 1.74. The predicted octanol–water partition coefficient (Wildman–Crippen LogP) is 2.24. The summed E-state index contributed by atoms with van der Waals surface area (Å²) in [6, 6.07) is 0. The Hall–Kier alpha value is -1.91. The molecule has 0 aliphatic heterocycles. The molecule has 0 aliphatic carbocycles. The molecule has 18 heavy (non-hydrogen) atoms. The highest BCUT2D eigenvalue weighted by Crippen LogP contribution is 2.22. The Morgan fingerprint density at radius 2 is 2.06 bits per heavy atom. The lowest BCUT2D eigenvalue weighted by atomic mass is 10.0. The van der Waals surface area contributed by atoms with Gasteiger partial charge in [-0.15, -0.1) is 0 Å². The van der Waals surface area contributed by atoms with Crippen LogP contribution in [0.1, 0.15) is 40.2 Å². The van der Waals surface area contributed by atoms with Gasteiger partial charge in [-0.3, -0.25) is 4.79 Å². The van der Waals surface area contributed by atoms with Gasteiger partial charge in [0.15, 0.2) is 5.78 Å². The maximum atomic E-state index is 12.3. The van der Waals surface area contributed by atoms with Crippen molar-refractivity contribution in [2.75, 3.05) is 0 Å². The second-order valence-electron chi connectivity index (χ2n) is 4.31. The van der Waals surface area contributed by atoms with Crippen molar-refractivity contribution in [2.24, 2.45) is 0 Å². The number of furan rings is 1. The van der Waals surface area contributed by atoms with Gasteiger partial charge in [0.2, 0.25) is 0 Å². The highest BCUT2D eigenvalue weighted by molar-refractivity contribution is 5.99. The monoisotopic (exact) mass is 247 g/mol. The molecule has 0 spiro atoms. The Balaban J connectivity index is 2.28. The molecule has 0 bridgehead atoms. The van der Waals surface area contributed by atoms with Crippen LogP contribution >= 0.6 is 0 Å². The van der Waals surface area contributed by atoms with Crippen molar-refractivity contribution < 1.29 is 9.21 Å². The minimum Gasteiger partial charge on any atom is -0.466 e. The van der Waals surface area contributed by atoms with E-state index < -0.39 is 0 Å². The third-order valence-corrected chi connectivity index (χ3v) is 3.15. The summed E-state index contributed by atoms with van der Waals surface area (Å²) >= 11 is 0. The number of aromatic nitrogens is 3. The van der Waals surface area contributed by atoms with Gasteiger partial charge in [-0.1, -0.05) is 0 Å². The molecule has 2 rings (SSSR count). The lowest BCUT2D eigenvalue weighted by Crippen LogP contribution is -2.12. The van der Waals surface area contributed by atoms with Gasteiger partial charge >= 0.3 is 0 Å². The van der Waals surface area contributed by atoms with E-state index in [-0.39, 0.29) is 12.2 Å². The van der Waals surface area contributed by atoms with E-state index in [0.29, 0.717) is 23.7 Å². The molecule has 0 saturated carbocycles. The number of carbonyl (C=O) groups excluding carboxylic acids is 1. The number of rotatable bonds is 4. The first-order valence-electron chi connectivity index (χ1n) is 6.01. The van der Waals surface area contributed by atoms with E-state index in [2.05, 4.69) is 10.1 Å². The average Bonchev–Trinajstić information content (AvgIpc) is 2.85. The summed E-state index contributed by atoms with van der Waals surface area (Å²) in [4.78, 5) is 16.4. The van der Waals surface area contributed by atoms with Crippen LogP contribution < -0.4 is 0 Å². The third kappa shape index (κ3) is 2.08. The minimum atomic E-state index is 0.0320. The second-order valence-corrected chi connectivity index (χ2v) is 4.31. The smallest absolute Gasteiger partial charge is 0.174 e. The van der Waals surface area contributed by atoms with Crippen LogP contribution in [0.25, 0.3) is 0 Å². The maximum Gasteiger partial charge on any atom is 0.174 e. The largest absolute Gasteiger partial charge is 0.466 e. The third-order valence-electron chi connectivity index (χ3n) is 3.15. The molecule has 0 radical (unpaired) electrons. The second kappa shape index (κ2) is 4.76. The fourth-order valence-electron chi connectivity index (χ4n) is 2.12. The average molecular weight is 247 g/mol. The van der Waals surface area contributed by atoms with Crippen molar-refractivity contribution >= 4 is 5.78 Å². The van der Waals surface area contributed by atoms with Crippen LogP contribution in [0.3, 0.4) is 0 Å². The van der Waals surface area contributed by atoms with E-state index in [9.17, 15) is 4.79 Å². The lowest BCUT2D eigenvalue weighted by Gasteiger charge is -2.02. The Labute approximate surface area is 106 Å². The molecular weight excluding hydrogens is 230 g/mol. The molecular formula is C13H17N3O2.